The maximum absolute atomic E-state index is 13.8. The highest BCUT2D eigenvalue weighted by Crippen LogP contribution is 2.24. The minimum atomic E-state index is -0.278. The van der Waals surface area contributed by atoms with Gasteiger partial charge in [-0.1, -0.05) is 17.8 Å². The molecule has 2 aromatic heterocycles. The number of aryl methyl sites for hydroxylation is 2. The molecule has 2 heterocycles. The zero-order valence-corrected chi connectivity index (χ0v) is 12.1. The second kappa shape index (κ2) is 5.24. The Morgan fingerprint density at radius 2 is 2.20 bits per heavy atom. The number of benzene rings is 1. The topological polar surface area (TPSA) is 48.5 Å². The number of rotatable bonds is 4. The summed E-state index contributed by atoms with van der Waals surface area (Å²) in [4.78, 5) is 4.42. The van der Waals surface area contributed by atoms with Crippen LogP contribution >= 0.6 is 11.8 Å². The van der Waals surface area contributed by atoms with Gasteiger partial charge in [-0.15, -0.1) is 10.2 Å². The molecule has 5 nitrogen and oxygen atoms in total. The molecule has 0 fully saturated rings. The monoisotopic (exact) mass is 291 g/mol. The molecule has 3 rings (SSSR count). The van der Waals surface area contributed by atoms with Gasteiger partial charge >= 0.3 is 0 Å². The van der Waals surface area contributed by atoms with Gasteiger partial charge in [0.05, 0.1) is 11.3 Å². The van der Waals surface area contributed by atoms with E-state index in [-0.39, 0.29) is 5.82 Å². The molecule has 0 spiro atoms. The molecule has 3 aromatic rings. The fourth-order valence-electron chi connectivity index (χ4n) is 2.16. The summed E-state index contributed by atoms with van der Waals surface area (Å²) in [5.74, 6) is 1.20. The maximum atomic E-state index is 13.8. The summed E-state index contributed by atoms with van der Waals surface area (Å²) in [6, 6.07) is 5.05. The Morgan fingerprint density at radius 3 is 2.90 bits per heavy atom. The van der Waals surface area contributed by atoms with Crippen molar-refractivity contribution in [3.8, 4) is 0 Å². The fraction of sp³-hybridized carbons (Fsp3) is 0.308. The van der Waals surface area contributed by atoms with Crippen molar-refractivity contribution in [2.75, 3.05) is 0 Å². The third kappa shape index (κ3) is 2.18. The van der Waals surface area contributed by atoms with Crippen LogP contribution in [-0.2, 0) is 19.3 Å². The summed E-state index contributed by atoms with van der Waals surface area (Å²) < 4.78 is 17.7. The van der Waals surface area contributed by atoms with Crippen LogP contribution in [0.3, 0.4) is 0 Å². The summed E-state index contributed by atoms with van der Waals surface area (Å²) >= 11 is 1.54. The van der Waals surface area contributed by atoms with Crippen molar-refractivity contribution in [1.29, 1.82) is 0 Å². The molecule has 104 valence electrons. The average molecular weight is 291 g/mol. The third-order valence-corrected chi connectivity index (χ3v) is 4.16. The van der Waals surface area contributed by atoms with Gasteiger partial charge < -0.3 is 9.13 Å². The number of imidazole rings is 1. The number of para-hydroxylation sites is 1. The SMILES string of the molecule is CCn1c(CSc2nncn2C)nc2c(F)cccc21. The van der Waals surface area contributed by atoms with Crippen molar-refractivity contribution in [3.05, 3.63) is 36.2 Å². The van der Waals surface area contributed by atoms with Crippen molar-refractivity contribution < 1.29 is 4.39 Å². The van der Waals surface area contributed by atoms with Gasteiger partial charge in [-0.05, 0) is 19.1 Å². The highest BCUT2D eigenvalue weighted by Gasteiger charge is 2.13. The summed E-state index contributed by atoms with van der Waals surface area (Å²) in [7, 11) is 1.89. The predicted octanol–water partition coefficient (Wildman–Crippen LogP) is 2.62. The minimum absolute atomic E-state index is 0.278. The van der Waals surface area contributed by atoms with Crippen molar-refractivity contribution in [2.45, 2.75) is 24.4 Å². The molecule has 0 bridgehead atoms. The van der Waals surface area contributed by atoms with E-state index in [1.54, 1.807) is 24.2 Å². The quantitative estimate of drug-likeness (QED) is 0.693. The van der Waals surface area contributed by atoms with E-state index in [9.17, 15) is 4.39 Å². The molecule has 0 unspecified atom stereocenters. The highest BCUT2D eigenvalue weighted by molar-refractivity contribution is 7.98. The van der Waals surface area contributed by atoms with E-state index in [2.05, 4.69) is 15.2 Å². The number of hydrogen-bond acceptors (Lipinski definition) is 4. The molecule has 0 aliphatic carbocycles. The van der Waals surface area contributed by atoms with Crippen LogP contribution in [0, 0.1) is 5.82 Å². The van der Waals surface area contributed by atoms with Crippen LogP contribution in [0.1, 0.15) is 12.7 Å². The number of aromatic nitrogens is 5. The lowest BCUT2D eigenvalue weighted by Gasteiger charge is -2.05. The Morgan fingerprint density at radius 1 is 1.35 bits per heavy atom. The van der Waals surface area contributed by atoms with Crippen LogP contribution < -0.4 is 0 Å². The van der Waals surface area contributed by atoms with Gasteiger partial charge in [-0.2, -0.15) is 0 Å². The standard InChI is InChI=1S/C13H14FN5S/c1-3-19-10-6-4-5-9(14)12(10)16-11(19)7-20-13-17-15-8-18(13)2/h4-6,8H,3,7H2,1-2H3. The Balaban J connectivity index is 1.95. The number of hydrogen-bond donors (Lipinski definition) is 0. The lowest BCUT2D eigenvalue weighted by molar-refractivity contribution is 0.637. The smallest absolute Gasteiger partial charge is 0.191 e. The third-order valence-electron chi connectivity index (χ3n) is 3.13. The van der Waals surface area contributed by atoms with Crippen molar-refractivity contribution in [3.63, 3.8) is 0 Å². The Kier molecular flexibility index (Phi) is 3.43. The molecule has 0 amide bonds. The highest BCUT2D eigenvalue weighted by atomic mass is 32.2. The second-order valence-corrected chi connectivity index (χ2v) is 5.34. The molecular formula is C13H14FN5S. The minimum Gasteiger partial charge on any atom is -0.327 e. The number of halogens is 1. The zero-order chi connectivity index (χ0) is 14.1. The molecule has 0 radical (unpaired) electrons. The predicted molar refractivity (Wildman–Crippen MR) is 75.9 cm³/mol. The molecule has 0 saturated carbocycles. The van der Waals surface area contributed by atoms with E-state index in [0.717, 1.165) is 23.0 Å². The van der Waals surface area contributed by atoms with Crippen LogP contribution in [0.4, 0.5) is 4.39 Å². The molecule has 0 aliphatic rings. The normalized spacial score (nSPS) is 11.3. The van der Waals surface area contributed by atoms with Gasteiger partial charge in [0, 0.05) is 13.6 Å². The average Bonchev–Trinajstić information content (AvgIpc) is 3.00. The van der Waals surface area contributed by atoms with Gasteiger partial charge in [0.2, 0.25) is 0 Å². The summed E-state index contributed by atoms with van der Waals surface area (Å²) in [6.07, 6.45) is 1.66. The fourth-order valence-corrected chi connectivity index (χ4v) is 2.99. The van der Waals surface area contributed by atoms with Crippen LogP contribution in [0.5, 0.6) is 0 Å². The Labute approximate surface area is 119 Å². The molecule has 0 atom stereocenters. The Hall–Kier alpha value is -1.89. The number of fused-ring (bicyclic) bond motifs is 1. The first-order valence-corrected chi connectivity index (χ1v) is 7.29. The summed E-state index contributed by atoms with van der Waals surface area (Å²) in [5.41, 5.74) is 1.27. The van der Waals surface area contributed by atoms with E-state index in [1.807, 2.05) is 29.2 Å². The van der Waals surface area contributed by atoms with E-state index < -0.39 is 0 Å². The first kappa shape index (κ1) is 13.1. The van der Waals surface area contributed by atoms with Crippen molar-refractivity contribution in [2.24, 2.45) is 7.05 Å². The first-order valence-electron chi connectivity index (χ1n) is 6.31. The molecule has 20 heavy (non-hydrogen) atoms. The van der Waals surface area contributed by atoms with E-state index in [0.29, 0.717) is 11.3 Å². The van der Waals surface area contributed by atoms with E-state index in [1.165, 1.54) is 6.07 Å². The van der Waals surface area contributed by atoms with E-state index in [4.69, 9.17) is 0 Å². The van der Waals surface area contributed by atoms with Crippen molar-refractivity contribution in [1.82, 2.24) is 24.3 Å². The van der Waals surface area contributed by atoms with Crippen LogP contribution in [-0.4, -0.2) is 24.3 Å². The maximum Gasteiger partial charge on any atom is 0.191 e. The largest absolute Gasteiger partial charge is 0.327 e. The molecular weight excluding hydrogens is 277 g/mol. The Bertz CT molecular complexity index is 748. The molecule has 0 N–H and O–H groups in total. The van der Waals surface area contributed by atoms with E-state index >= 15 is 0 Å². The number of nitrogens with zero attached hydrogens (tertiary/aromatic N) is 5. The second-order valence-electron chi connectivity index (χ2n) is 4.39. The molecule has 0 saturated heterocycles. The van der Waals surface area contributed by atoms with Crippen molar-refractivity contribution >= 4 is 22.8 Å². The summed E-state index contributed by atoms with van der Waals surface area (Å²) in [5, 5.41) is 8.68. The molecule has 0 aliphatic heterocycles. The van der Waals surface area contributed by atoms with Gasteiger partial charge in [0.15, 0.2) is 11.0 Å². The van der Waals surface area contributed by atoms with Gasteiger partial charge in [0.1, 0.15) is 17.7 Å². The number of thioether (sulfide) groups is 1. The first-order chi connectivity index (χ1) is 9.70. The lowest BCUT2D eigenvalue weighted by Crippen LogP contribution is -2.01. The van der Waals surface area contributed by atoms with Crippen LogP contribution in [0.2, 0.25) is 0 Å². The van der Waals surface area contributed by atoms with Gasteiger partial charge in [-0.3, -0.25) is 0 Å². The summed E-state index contributed by atoms with van der Waals surface area (Å²) in [6.45, 7) is 2.79. The van der Waals surface area contributed by atoms with Gasteiger partial charge in [0.25, 0.3) is 0 Å². The van der Waals surface area contributed by atoms with Crippen LogP contribution in [0.15, 0.2) is 29.7 Å². The molecule has 1 aromatic carbocycles. The zero-order valence-electron chi connectivity index (χ0n) is 11.2. The lowest BCUT2D eigenvalue weighted by atomic mass is 10.3. The van der Waals surface area contributed by atoms with Crippen LogP contribution in [0.25, 0.3) is 11.0 Å². The van der Waals surface area contributed by atoms with Gasteiger partial charge in [-0.25, -0.2) is 9.37 Å². The molecule has 7 heteroatoms.